The maximum Gasteiger partial charge on any atom is 0.334 e. The third-order valence-corrected chi connectivity index (χ3v) is 4.32. The van der Waals surface area contributed by atoms with Gasteiger partial charge < -0.3 is 21.1 Å². The van der Waals surface area contributed by atoms with Gasteiger partial charge >= 0.3 is 5.97 Å². The number of nitrogens with two attached hydrogens (primary N) is 1. The summed E-state index contributed by atoms with van der Waals surface area (Å²) < 4.78 is 0. The van der Waals surface area contributed by atoms with Gasteiger partial charge in [-0.25, -0.2) is 4.79 Å². The van der Waals surface area contributed by atoms with Crippen LogP contribution in [0.25, 0.3) is 0 Å². The average molecular weight is 344 g/mol. The Morgan fingerprint density at radius 3 is 1.83 bits per heavy atom. The van der Waals surface area contributed by atoms with Crippen LogP contribution in [0.1, 0.15) is 84.0 Å². The first kappa shape index (κ1) is 23.1. The van der Waals surface area contributed by atoms with E-state index in [1.54, 1.807) is 0 Å². The van der Waals surface area contributed by atoms with Gasteiger partial charge in [0.1, 0.15) is 0 Å². The number of carbonyl (C=O) groups is 1. The van der Waals surface area contributed by atoms with Gasteiger partial charge in [-0.1, -0.05) is 83.3 Å². The summed E-state index contributed by atoms with van der Waals surface area (Å²) in [4.78, 5) is 10.6. The lowest BCUT2D eigenvalue weighted by Gasteiger charge is -2.18. The van der Waals surface area contributed by atoms with Crippen LogP contribution >= 0.6 is 0 Å². The second kappa shape index (κ2) is 15.6. The highest BCUT2D eigenvalue weighted by Crippen LogP contribution is 2.12. The van der Waals surface area contributed by atoms with Crippen LogP contribution in [0.5, 0.6) is 0 Å². The van der Waals surface area contributed by atoms with Gasteiger partial charge in [-0.2, -0.15) is 0 Å². The van der Waals surface area contributed by atoms with Crippen molar-refractivity contribution in [3.63, 3.8) is 0 Å². The first-order valence-electron chi connectivity index (χ1n) is 9.51. The van der Waals surface area contributed by atoms with Gasteiger partial charge in [0.15, 0.2) is 6.10 Å². The van der Waals surface area contributed by atoms with Crippen molar-refractivity contribution in [2.24, 2.45) is 5.73 Å². The molecular formula is C19H37NO4. The van der Waals surface area contributed by atoms with Crippen molar-refractivity contribution in [1.29, 1.82) is 0 Å². The summed E-state index contributed by atoms with van der Waals surface area (Å²) in [5.74, 6) is -1.42. The zero-order valence-electron chi connectivity index (χ0n) is 15.2. The smallest absolute Gasteiger partial charge is 0.334 e. The molecule has 0 amide bonds. The standard InChI is InChI=1S/C19H37NO4/c1-2-3-4-5-6-7-8-9-10-11-12-13-14-15-16(21)17(20)18(22)19(23)24/h14-18,21-22H,2-13,20H2,1H3,(H,23,24)/b15-14+/t16-,17-,18?/m1/s1. The first-order chi connectivity index (χ1) is 11.5. The number of carboxylic acids is 1. The van der Waals surface area contributed by atoms with Crippen LogP contribution in [0.3, 0.4) is 0 Å². The van der Waals surface area contributed by atoms with Crippen molar-refractivity contribution in [2.75, 3.05) is 0 Å². The minimum Gasteiger partial charge on any atom is -0.479 e. The molecule has 0 aliphatic rings. The highest BCUT2D eigenvalue weighted by Gasteiger charge is 2.26. The van der Waals surface area contributed by atoms with E-state index in [1.807, 2.05) is 6.08 Å². The SMILES string of the molecule is CCCCCCCCCCCCC/C=C/[C@@H](O)[C@@H](N)C(O)C(=O)O. The Hall–Kier alpha value is -0.910. The zero-order chi connectivity index (χ0) is 18.2. The molecule has 0 saturated heterocycles. The number of aliphatic hydroxyl groups is 2. The summed E-state index contributed by atoms with van der Waals surface area (Å²) in [5.41, 5.74) is 5.48. The van der Waals surface area contributed by atoms with Crippen LogP contribution in [-0.2, 0) is 4.79 Å². The van der Waals surface area contributed by atoms with E-state index in [-0.39, 0.29) is 0 Å². The highest BCUT2D eigenvalue weighted by atomic mass is 16.4. The molecule has 1 unspecified atom stereocenters. The quantitative estimate of drug-likeness (QED) is 0.254. The lowest BCUT2D eigenvalue weighted by Crippen LogP contribution is -2.47. The summed E-state index contributed by atoms with van der Waals surface area (Å²) in [6, 6.07) is -1.20. The first-order valence-corrected chi connectivity index (χ1v) is 9.51. The molecule has 3 atom stereocenters. The van der Waals surface area contributed by atoms with E-state index in [9.17, 15) is 15.0 Å². The molecule has 0 spiro atoms. The maximum atomic E-state index is 10.6. The fourth-order valence-electron chi connectivity index (χ4n) is 2.64. The molecule has 5 N–H and O–H groups in total. The molecule has 0 saturated carbocycles. The van der Waals surface area contributed by atoms with Crippen LogP contribution in [0.2, 0.25) is 0 Å². The molecule has 0 aliphatic heterocycles. The van der Waals surface area contributed by atoms with Crippen LogP contribution in [-0.4, -0.2) is 39.5 Å². The third-order valence-electron chi connectivity index (χ3n) is 4.32. The second-order valence-corrected chi connectivity index (χ2v) is 6.60. The molecule has 0 aromatic carbocycles. The lowest BCUT2D eigenvalue weighted by molar-refractivity contribution is -0.148. The minimum absolute atomic E-state index is 0.837. The Morgan fingerprint density at radius 2 is 1.38 bits per heavy atom. The predicted octanol–water partition coefficient (Wildman–Crippen LogP) is 3.38. The molecule has 0 heterocycles. The highest BCUT2D eigenvalue weighted by molar-refractivity contribution is 5.73. The molecule has 0 aliphatic carbocycles. The number of carboxylic acid groups (broad SMARTS) is 1. The van der Waals surface area contributed by atoms with Crippen molar-refractivity contribution in [3.8, 4) is 0 Å². The maximum absolute atomic E-state index is 10.6. The van der Waals surface area contributed by atoms with Crippen molar-refractivity contribution in [1.82, 2.24) is 0 Å². The summed E-state index contributed by atoms with van der Waals surface area (Å²) in [6.45, 7) is 2.24. The van der Waals surface area contributed by atoms with E-state index in [2.05, 4.69) is 6.92 Å². The number of hydrogen-bond acceptors (Lipinski definition) is 4. The normalized spacial score (nSPS) is 15.5. The molecule has 5 nitrogen and oxygen atoms in total. The van der Waals surface area contributed by atoms with Crippen molar-refractivity contribution in [2.45, 2.75) is 102 Å². The number of aliphatic hydroxyl groups excluding tert-OH is 2. The molecular weight excluding hydrogens is 306 g/mol. The van der Waals surface area contributed by atoms with E-state index in [4.69, 9.17) is 10.8 Å². The number of hydrogen-bond donors (Lipinski definition) is 4. The molecule has 24 heavy (non-hydrogen) atoms. The molecule has 0 fully saturated rings. The van der Waals surface area contributed by atoms with Crippen LogP contribution in [0.4, 0.5) is 0 Å². The largest absolute Gasteiger partial charge is 0.479 e. The number of rotatable bonds is 16. The summed E-state index contributed by atoms with van der Waals surface area (Å²) in [7, 11) is 0. The number of unbranched alkanes of at least 4 members (excludes halogenated alkanes) is 11. The topological polar surface area (TPSA) is 104 Å². The van der Waals surface area contributed by atoms with Gasteiger partial charge in [0.25, 0.3) is 0 Å². The van der Waals surface area contributed by atoms with Crippen molar-refractivity contribution >= 4 is 5.97 Å². The fraction of sp³-hybridized carbons (Fsp3) is 0.842. The van der Waals surface area contributed by atoms with Gasteiger partial charge in [0, 0.05) is 0 Å². The Bertz CT molecular complexity index is 333. The van der Waals surface area contributed by atoms with Gasteiger partial charge in [-0.15, -0.1) is 0 Å². The Kier molecular flexibility index (Phi) is 15.0. The van der Waals surface area contributed by atoms with E-state index < -0.39 is 24.2 Å². The number of allylic oxidation sites excluding steroid dienone is 1. The Morgan fingerprint density at radius 1 is 0.917 bits per heavy atom. The van der Waals surface area contributed by atoms with Crippen molar-refractivity contribution in [3.05, 3.63) is 12.2 Å². The van der Waals surface area contributed by atoms with Crippen LogP contribution < -0.4 is 5.73 Å². The second-order valence-electron chi connectivity index (χ2n) is 6.60. The molecule has 5 heteroatoms. The van der Waals surface area contributed by atoms with E-state index >= 15 is 0 Å². The molecule has 0 radical (unpaired) electrons. The monoisotopic (exact) mass is 343 g/mol. The zero-order valence-corrected chi connectivity index (χ0v) is 15.2. The third kappa shape index (κ3) is 12.5. The lowest BCUT2D eigenvalue weighted by atomic mass is 10.0. The van der Waals surface area contributed by atoms with Gasteiger partial charge in [-0.05, 0) is 12.8 Å². The summed E-state index contributed by atoms with van der Waals surface area (Å²) >= 11 is 0. The Balaban J connectivity index is 3.48. The summed E-state index contributed by atoms with van der Waals surface area (Å²) in [5, 5.41) is 27.6. The molecule has 0 aromatic heterocycles. The van der Waals surface area contributed by atoms with E-state index in [0.717, 1.165) is 12.8 Å². The number of aliphatic carboxylic acids is 1. The fourth-order valence-corrected chi connectivity index (χ4v) is 2.64. The van der Waals surface area contributed by atoms with Gasteiger partial charge in [0.05, 0.1) is 12.1 Å². The Labute approximate surface area is 147 Å². The molecule has 0 bridgehead atoms. The molecule has 0 rings (SSSR count). The van der Waals surface area contributed by atoms with Crippen LogP contribution in [0, 0.1) is 0 Å². The summed E-state index contributed by atoms with van der Waals surface area (Å²) in [6.07, 6.45) is 15.4. The molecule has 142 valence electrons. The van der Waals surface area contributed by atoms with Crippen molar-refractivity contribution < 1.29 is 20.1 Å². The predicted molar refractivity (Wildman–Crippen MR) is 97.8 cm³/mol. The average Bonchev–Trinajstić information content (AvgIpc) is 2.57. The molecule has 0 aromatic rings. The van der Waals surface area contributed by atoms with Crippen LogP contribution in [0.15, 0.2) is 12.2 Å². The van der Waals surface area contributed by atoms with Gasteiger partial charge in [0.2, 0.25) is 0 Å². The van der Waals surface area contributed by atoms with E-state index in [0.29, 0.717) is 0 Å². The van der Waals surface area contributed by atoms with Gasteiger partial charge in [-0.3, -0.25) is 0 Å². The van der Waals surface area contributed by atoms with E-state index in [1.165, 1.54) is 70.3 Å². The minimum atomic E-state index is -1.74.